The number of alkyl halides is 1. The molecule has 4 nitrogen and oxygen atoms in total. The molecular formula is C18H17Cl2N3O. The zero-order valence-electron chi connectivity index (χ0n) is 13.2. The van der Waals surface area contributed by atoms with Gasteiger partial charge in [-0.25, -0.2) is 4.98 Å². The number of imidazole rings is 1. The molecule has 6 heteroatoms. The molecule has 1 heterocycles. The van der Waals surface area contributed by atoms with Gasteiger partial charge in [0, 0.05) is 18.0 Å². The van der Waals surface area contributed by atoms with E-state index < -0.39 is 0 Å². The summed E-state index contributed by atoms with van der Waals surface area (Å²) in [6, 6.07) is 11.1. The number of nitrogens with one attached hydrogen (secondary N) is 2. The van der Waals surface area contributed by atoms with E-state index in [1.807, 2.05) is 31.2 Å². The van der Waals surface area contributed by atoms with Gasteiger partial charge >= 0.3 is 0 Å². The maximum atomic E-state index is 12.5. The van der Waals surface area contributed by atoms with E-state index in [-0.39, 0.29) is 5.91 Å². The molecule has 0 atom stereocenters. The molecule has 3 aromatic rings. The number of aryl methyl sites for hydroxylation is 2. The summed E-state index contributed by atoms with van der Waals surface area (Å²) in [7, 11) is 0. The summed E-state index contributed by atoms with van der Waals surface area (Å²) in [5, 5.41) is 3.25. The number of nitrogens with zero attached hydrogens (tertiary/aromatic N) is 1. The SMILES string of the molecule is CCc1nc2cc(C(=O)Nc3ccc(CCCl)cc3)c(Cl)cc2[nH]1. The van der Waals surface area contributed by atoms with Crippen LogP contribution in [0.2, 0.25) is 5.02 Å². The minimum atomic E-state index is -0.256. The highest BCUT2D eigenvalue weighted by molar-refractivity contribution is 6.35. The van der Waals surface area contributed by atoms with Crippen molar-refractivity contribution in [3.8, 4) is 0 Å². The van der Waals surface area contributed by atoms with Gasteiger partial charge in [0.2, 0.25) is 0 Å². The number of rotatable bonds is 5. The second-order valence-electron chi connectivity index (χ2n) is 5.48. The quantitative estimate of drug-likeness (QED) is 0.640. The molecule has 0 aliphatic carbocycles. The highest BCUT2D eigenvalue weighted by atomic mass is 35.5. The number of aromatic amines is 1. The van der Waals surface area contributed by atoms with Crippen LogP contribution in [0.1, 0.15) is 28.7 Å². The van der Waals surface area contributed by atoms with Crippen LogP contribution in [0.3, 0.4) is 0 Å². The van der Waals surface area contributed by atoms with Crippen molar-refractivity contribution in [3.63, 3.8) is 0 Å². The van der Waals surface area contributed by atoms with Gasteiger partial charge in [-0.3, -0.25) is 4.79 Å². The lowest BCUT2D eigenvalue weighted by Crippen LogP contribution is -2.12. The number of carbonyl (C=O) groups excluding carboxylic acids is 1. The molecule has 3 rings (SSSR count). The molecule has 24 heavy (non-hydrogen) atoms. The Morgan fingerprint density at radius 3 is 2.67 bits per heavy atom. The third-order valence-corrected chi connectivity index (χ3v) is 4.30. The van der Waals surface area contributed by atoms with Gasteiger partial charge < -0.3 is 10.3 Å². The predicted molar refractivity (Wildman–Crippen MR) is 99.3 cm³/mol. The molecule has 1 aromatic heterocycles. The summed E-state index contributed by atoms with van der Waals surface area (Å²) in [6.45, 7) is 2.01. The topological polar surface area (TPSA) is 57.8 Å². The van der Waals surface area contributed by atoms with Crippen LogP contribution in [-0.2, 0) is 12.8 Å². The highest BCUT2D eigenvalue weighted by Gasteiger charge is 2.14. The van der Waals surface area contributed by atoms with Crippen LogP contribution in [0.4, 0.5) is 5.69 Å². The summed E-state index contributed by atoms with van der Waals surface area (Å²) in [5.41, 5.74) is 3.82. The van der Waals surface area contributed by atoms with Gasteiger partial charge in [0.1, 0.15) is 5.82 Å². The fourth-order valence-corrected chi connectivity index (χ4v) is 2.95. The van der Waals surface area contributed by atoms with E-state index in [9.17, 15) is 4.79 Å². The first kappa shape index (κ1) is 16.8. The Morgan fingerprint density at radius 1 is 1.25 bits per heavy atom. The van der Waals surface area contributed by atoms with Gasteiger partial charge in [0.05, 0.1) is 21.6 Å². The van der Waals surface area contributed by atoms with Crippen LogP contribution < -0.4 is 5.32 Å². The van der Waals surface area contributed by atoms with Gasteiger partial charge in [-0.05, 0) is 36.2 Å². The van der Waals surface area contributed by atoms with Crippen molar-refractivity contribution in [1.29, 1.82) is 0 Å². The van der Waals surface area contributed by atoms with Gasteiger partial charge in [-0.2, -0.15) is 0 Å². The Labute approximate surface area is 150 Å². The molecule has 0 saturated carbocycles. The molecule has 2 aromatic carbocycles. The number of hydrogen-bond donors (Lipinski definition) is 2. The highest BCUT2D eigenvalue weighted by Crippen LogP contribution is 2.24. The molecule has 124 valence electrons. The second-order valence-corrected chi connectivity index (χ2v) is 6.26. The van der Waals surface area contributed by atoms with E-state index in [1.54, 1.807) is 12.1 Å². The Bertz CT molecular complexity index is 872. The fourth-order valence-electron chi connectivity index (χ4n) is 2.49. The number of fused-ring (bicyclic) bond motifs is 1. The lowest BCUT2D eigenvalue weighted by molar-refractivity contribution is 0.102. The van der Waals surface area contributed by atoms with E-state index in [0.29, 0.717) is 22.2 Å². The summed E-state index contributed by atoms with van der Waals surface area (Å²) >= 11 is 12.0. The van der Waals surface area contributed by atoms with E-state index in [1.165, 1.54) is 0 Å². The molecule has 0 aliphatic rings. The van der Waals surface area contributed by atoms with E-state index in [4.69, 9.17) is 23.2 Å². The van der Waals surface area contributed by atoms with Crippen molar-refractivity contribution in [1.82, 2.24) is 9.97 Å². The summed E-state index contributed by atoms with van der Waals surface area (Å²) in [6.07, 6.45) is 1.60. The number of amides is 1. The average molecular weight is 362 g/mol. The Hall–Kier alpha value is -2.04. The van der Waals surface area contributed by atoms with Crippen LogP contribution in [0.5, 0.6) is 0 Å². The molecule has 0 fully saturated rings. The van der Waals surface area contributed by atoms with Crippen LogP contribution >= 0.6 is 23.2 Å². The molecule has 0 spiro atoms. The Morgan fingerprint density at radius 2 is 2.00 bits per heavy atom. The largest absolute Gasteiger partial charge is 0.342 e. The number of aromatic nitrogens is 2. The summed E-state index contributed by atoms with van der Waals surface area (Å²) in [5.74, 6) is 1.19. The van der Waals surface area contributed by atoms with Crippen molar-refractivity contribution >= 4 is 45.8 Å². The van der Waals surface area contributed by atoms with Crippen LogP contribution in [0.25, 0.3) is 11.0 Å². The first-order valence-corrected chi connectivity index (χ1v) is 8.66. The van der Waals surface area contributed by atoms with Crippen molar-refractivity contribution in [2.45, 2.75) is 19.8 Å². The molecule has 0 bridgehead atoms. The Balaban J connectivity index is 1.83. The molecular weight excluding hydrogens is 345 g/mol. The maximum Gasteiger partial charge on any atom is 0.257 e. The van der Waals surface area contributed by atoms with Crippen molar-refractivity contribution in [3.05, 3.63) is 58.4 Å². The number of H-pyrrole nitrogens is 1. The number of hydrogen-bond acceptors (Lipinski definition) is 2. The smallest absolute Gasteiger partial charge is 0.257 e. The third-order valence-electron chi connectivity index (χ3n) is 3.79. The average Bonchev–Trinajstić information content (AvgIpc) is 2.98. The number of anilines is 1. The van der Waals surface area contributed by atoms with E-state index in [0.717, 1.165) is 35.3 Å². The maximum absolute atomic E-state index is 12.5. The predicted octanol–water partition coefficient (Wildman–Crippen LogP) is 4.81. The van der Waals surface area contributed by atoms with Crippen molar-refractivity contribution in [2.24, 2.45) is 0 Å². The van der Waals surface area contributed by atoms with Gasteiger partial charge in [0.25, 0.3) is 5.91 Å². The normalized spacial score (nSPS) is 11.0. The number of carbonyl (C=O) groups is 1. The fraction of sp³-hybridized carbons (Fsp3) is 0.222. The first-order valence-electron chi connectivity index (χ1n) is 7.75. The van der Waals surface area contributed by atoms with Crippen LogP contribution in [-0.4, -0.2) is 21.8 Å². The zero-order valence-corrected chi connectivity index (χ0v) is 14.7. The number of halogens is 2. The van der Waals surface area contributed by atoms with Crippen LogP contribution in [0, 0.1) is 0 Å². The monoisotopic (exact) mass is 361 g/mol. The van der Waals surface area contributed by atoms with Gasteiger partial charge in [0.15, 0.2) is 0 Å². The molecule has 1 amide bonds. The molecule has 0 radical (unpaired) electrons. The van der Waals surface area contributed by atoms with Gasteiger partial charge in [-0.1, -0.05) is 30.7 Å². The number of benzene rings is 2. The molecule has 0 aliphatic heterocycles. The first-order chi connectivity index (χ1) is 11.6. The zero-order chi connectivity index (χ0) is 17.1. The van der Waals surface area contributed by atoms with Crippen molar-refractivity contribution < 1.29 is 4.79 Å². The molecule has 0 saturated heterocycles. The van der Waals surface area contributed by atoms with Crippen LogP contribution in [0.15, 0.2) is 36.4 Å². The molecule has 2 N–H and O–H groups in total. The standard InChI is InChI=1S/C18H17Cl2N3O/c1-2-17-22-15-9-13(14(20)10-16(15)23-17)18(24)21-12-5-3-11(4-6-12)7-8-19/h3-6,9-10H,2,7-8H2,1H3,(H,21,24)(H,22,23). The minimum Gasteiger partial charge on any atom is -0.342 e. The minimum absolute atomic E-state index is 0.256. The van der Waals surface area contributed by atoms with Gasteiger partial charge in [-0.15, -0.1) is 11.6 Å². The second kappa shape index (κ2) is 7.24. The summed E-state index contributed by atoms with van der Waals surface area (Å²) < 4.78 is 0. The Kier molecular flexibility index (Phi) is 5.07. The summed E-state index contributed by atoms with van der Waals surface area (Å²) in [4.78, 5) is 20.1. The van der Waals surface area contributed by atoms with Crippen molar-refractivity contribution in [2.75, 3.05) is 11.2 Å². The van der Waals surface area contributed by atoms with E-state index in [2.05, 4.69) is 15.3 Å². The lowest BCUT2D eigenvalue weighted by atomic mass is 10.1. The lowest BCUT2D eigenvalue weighted by Gasteiger charge is -2.08. The molecule has 0 unspecified atom stereocenters. The van der Waals surface area contributed by atoms with E-state index >= 15 is 0 Å². The third kappa shape index (κ3) is 3.55.